The zero-order valence-corrected chi connectivity index (χ0v) is 7.45. The van der Waals surface area contributed by atoms with Gasteiger partial charge >= 0.3 is 61.4 Å². The van der Waals surface area contributed by atoms with E-state index in [1.54, 1.807) is 0 Å². The van der Waals surface area contributed by atoms with E-state index in [0.29, 0.717) is 0 Å². The summed E-state index contributed by atoms with van der Waals surface area (Å²) in [5.41, 5.74) is 2.37. The van der Waals surface area contributed by atoms with Crippen molar-refractivity contribution in [1.82, 2.24) is 0 Å². The Morgan fingerprint density at radius 3 is 2.12 bits per heavy atom. The van der Waals surface area contributed by atoms with Gasteiger partial charge < -0.3 is 0 Å². The van der Waals surface area contributed by atoms with E-state index in [-0.39, 0.29) is 0 Å². The Morgan fingerprint density at radius 1 is 1.50 bits per heavy atom. The Labute approximate surface area is 61.7 Å². The molecule has 0 saturated heterocycles. The van der Waals surface area contributed by atoms with E-state index in [0.717, 1.165) is 5.57 Å². The van der Waals surface area contributed by atoms with Crippen LogP contribution < -0.4 is 0 Å². The van der Waals surface area contributed by atoms with Crippen LogP contribution in [0.5, 0.6) is 0 Å². The number of rotatable bonds is 2. The first-order valence-electron chi connectivity index (χ1n) is 2.40. The summed E-state index contributed by atoms with van der Waals surface area (Å²) in [5, 5.41) is 0. The fourth-order valence-electron chi connectivity index (χ4n) is 0.415. The standard InChI is InChI=1S/C7H10.Pt/c1-6(2)5-7(3)4;/h1,5H,3H2,2,4H3;/b6-5+;. The minimum atomic E-state index is 1.11. The second-order valence-electron chi connectivity index (χ2n) is 1.83. The monoisotopic (exact) mass is 289 g/mol. The third kappa shape index (κ3) is 4.20. The van der Waals surface area contributed by atoms with Gasteiger partial charge in [-0.1, -0.05) is 0 Å². The van der Waals surface area contributed by atoms with E-state index in [4.69, 9.17) is 0 Å². The molecule has 0 atom stereocenters. The van der Waals surface area contributed by atoms with Crippen molar-refractivity contribution in [2.45, 2.75) is 13.8 Å². The molecule has 0 rings (SSSR count). The molecule has 0 aromatic rings. The Hall–Kier alpha value is 0.0383. The molecule has 0 aliphatic carbocycles. The summed E-state index contributed by atoms with van der Waals surface area (Å²) in [6, 6.07) is 0. The topological polar surface area (TPSA) is 0 Å². The van der Waals surface area contributed by atoms with Gasteiger partial charge in [0.15, 0.2) is 0 Å². The molecule has 0 spiro atoms. The molecule has 1 heteroatoms. The minimum absolute atomic E-state index is 1.11. The zero-order chi connectivity index (χ0) is 6.57. The molecule has 0 aliphatic rings. The van der Waals surface area contributed by atoms with Gasteiger partial charge in [0.2, 0.25) is 0 Å². The zero-order valence-electron chi connectivity index (χ0n) is 5.18. The van der Waals surface area contributed by atoms with Crippen molar-refractivity contribution < 1.29 is 19.4 Å². The van der Waals surface area contributed by atoms with E-state index < -0.39 is 0 Å². The molecule has 0 nitrogen and oxygen atoms in total. The van der Waals surface area contributed by atoms with Crippen molar-refractivity contribution in [3.05, 3.63) is 23.8 Å². The quantitative estimate of drug-likeness (QED) is 0.681. The van der Waals surface area contributed by atoms with Crippen molar-refractivity contribution >= 4 is 4.40 Å². The Morgan fingerprint density at radius 2 is 2.00 bits per heavy atom. The van der Waals surface area contributed by atoms with Gasteiger partial charge in [0.25, 0.3) is 0 Å². The molecule has 0 saturated carbocycles. The van der Waals surface area contributed by atoms with Crippen molar-refractivity contribution in [2.75, 3.05) is 0 Å². The van der Waals surface area contributed by atoms with Gasteiger partial charge in [-0.15, -0.1) is 0 Å². The van der Waals surface area contributed by atoms with E-state index in [9.17, 15) is 0 Å². The maximum absolute atomic E-state index is 3.74. The number of hydrogen-bond acceptors (Lipinski definition) is 0. The molecule has 0 aliphatic heterocycles. The van der Waals surface area contributed by atoms with Gasteiger partial charge in [-0.2, -0.15) is 0 Å². The molecule has 0 fully saturated rings. The third-order valence-corrected chi connectivity index (χ3v) is 1.65. The first kappa shape index (κ1) is 8.04. The molecule has 8 heavy (non-hydrogen) atoms. The molecule has 0 aromatic heterocycles. The second-order valence-corrected chi connectivity index (χ2v) is 2.48. The second kappa shape index (κ2) is 3.97. The summed E-state index contributed by atoms with van der Waals surface area (Å²) in [4.78, 5) is 0. The maximum atomic E-state index is 3.74. The van der Waals surface area contributed by atoms with Gasteiger partial charge in [0, 0.05) is 0 Å². The van der Waals surface area contributed by atoms with Crippen LogP contribution in [0.2, 0.25) is 0 Å². The van der Waals surface area contributed by atoms with E-state index in [2.05, 4.69) is 32.9 Å². The van der Waals surface area contributed by atoms with Gasteiger partial charge in [-0.3, -0.25) is 0 Å². The van der Waals surface area contributed by atoms with Crippen LogP contribution in [0.1, 0.15) is 13.8 Å². The Balaban J connectivity index is 3.94. The summed E-state index contributed by atoms with van der Waals surface area (Å²) in [7, 11) is 0. The molecule has 0 amide bonds. The van der Waals surface area contributed by atoms with Crippen LogP contribution in [0.15, 0.2) is 23.8 Å². The molecular formula is C7H10Pt. The van der Waals surface area contributed by atoms with Crippen LogP contribution in [0, 0.1) is 0 Å². The first-order chi connectivity index (χ1) is 3.66. The SMILES string of the molecule is C=C(C)/C=C(/C)[CH]=[Pt]. The first-order valence-corrected chi connectivity index (χ1v) is 3.71. The fourth-order valence-corrected chi connectivity index (χ4v) is 0.604. The summed E-state index contributed by atoms with van der Waals surface area (Å²) in [6.45, 7) is 7.79. The molecule has 48 valence electrons. The van der Waals surface area contributed by atoms with Crippen LogP contribution in [0.4, 0.5) is 0 Å². The Kier molecular flexibility index (Phi) is 3.99. The van der Waals surface area contributed by atoms with Gasteiger partial charge in [0.1, 0.15) is 0 Å². The molecule has 0 aromatic carbocycles. The molecule has 0 heterocycles. The summed E-state index contributed by atoms with van der Waals surface area (Å²) in [5.74, 6) is 0. The van der Waals surface area contributed by atoms with Crippen LogP contribution in [-0.4, -0.2) is 4.40 Å². The average Bonchev–Trinajstić information content (AvgIpc) is 1.65. The van der Waals surface area contributed by atoms with Crippen molar-refractivity contribution in [1.29, 1.82) is 0 Å². The van der Waals surface area contributed by atoms with Crippen LogP contribution in [0.25, 0.3) is 0 Å². The summed E-state index contributed by atoms with van der Waals surface area (Å²) >= 11 is 2.20. The predicted molar refractivity (Wildman–Crippen MR) is 34.6 cm³/mol. The number of allylic oxidation sites excluding steroid dienone is 3. The normalized spacial score (nSPS) is 11.2. The summed E-state index contributed by atoms with van der Waals surface area (Å²) < 4.78 is 2.04. The molecular weight excluding hydrogens is 279 g/mol. The van der Waals surface area contributed by atoms with Gasteiger partial charge in [0.05, 0.1) is 0 Å². The van der Waals surface area contributed by atoms with Crippen molar-refractivity contribution in [3.63, 3.8) is 0 Å². The van der Waals surface area contributed by atoms with Gasteiger partial charge in [-0.25, -0.2) is 0 Å². The van der Waals surface area contributed by atoms with Gasteiger partial charge in [-0.05, 0) is 0 Å². The molecule has 0 bridgehead atoms. The van der Waals surface area contributed by atoms with Crippen molar-refractivity contribution in [2.24, 2.45) is 0 Å². The summed E-state index contributed by atoms with van der Waals surface area (Å²) in [6.07, 6.45) is 2.05. The molecule has 0 N–H and O–H groups in total. The predicted octanol–water partition coefficient (Wildman–Crippen LogP) is 1.86. The van der Waals surface area contributed by atoms with E-state index >= 15 is 0 Å². The van der Waals surface area contributed by atoms with E-state index in [1.165, 1.54) is 5.57 Å². The van der Waals surface area contributed by atoms with Crippen LogP contribution in [-0.2, 0) is 19.4 Å². The molecule has 0 unspecified atom stereocenters. The van der Waals surface area contributed by atoms with Crippen LogP contribution in [0.3, 0.4) is 0 Å². The average molecular weight is 289 g/mol. The third-order valence-electron chi connectivity index (χ3n) is 0.618. The van der Waals surface area contributed by atoms with Crippen LogP contribution >= 0.6 is 0 Å². The van der Waals surface area contributed by atoms with Crippen molar-refractivity contribution in [3.8, 4) is 0 Å². The number of hydrogen-bond donors (Lipinski definition) is 0. The fraction of sp³-hybridized carbons (Fsp3) is 0.286. The van der Waals surface area contributed by atoms with E-state index in [1.807, 2.05) is 17.4 Å². The Bertz CT molecular complexity index is 131. The molecule has 0 radical (unpaired) electrons.